The second-order valence-electron chi connectivity index (χ2n) is 3.23. The third-order valence-electron chi connectivity index (χ3n) is 2.16. The van der Waals surface area contributed by atoms with E-state index in [1.165, 1.54) is 0 Å². The van der Waals surface area contributed by atoms with Crippen molar-refractivity contribution in [3.8, 4) is 11.5 Å². The molecule has 2 N–H and O–H groups in total. The highest BCUT2D eigenvalue weighted by Crippen LogP contribution is 2.34. The smallest absolute Gasteiger partial charge is 0.174 e. The van der Waals surface area contributed by atoms with Gasteiger partial charge in [-0.25, -0.2) is 0 Å². The van der Waals surface area contributed by atoms with Gasteiger partial charge < -0.3 is 19.7 Å². The molecule has 0 aliphatic heterocycles. The number of fused-ring (bicyclic) bond motifs is 1. The summed E-state index contributed by atoms with van der Waals surface area (Å²) in [5.74, 6) is 1.67. The van der Waals surface area contributed by atoms with Crippen molar-refractivity contribution in [2.45, 2.75) is 13.8 Å². The molecule has 5 nitrogen and oxygen atoms in total. The van der Waals surface area contributed by atoms with Gasteiger partial charge in [0.1, 0.15) is 0 Å². The molecule has 0 amide bonds. The Morgan fingerprint density at radius 3 is 2.44 bits per heavy atom. The summed E-state index contributed by atoms with van der Waals surface area (Å²) in [5, 5.41) is 4.43. The minimum atomic E-state index is 0.360. The lowest BCUT2D eigenvalue weighted by Crippen LogP contribution is -1.98. The van der Waals surface area contributed by atoms with Crippen LogP contribution in [0.2, 0.25) is 0 Å². The highest BCUT2D eigenvalue weighted by Gasteiger charge is 2.12. The average Bonchev–Trinajstić information content (AvgIpc) is 2.62. The molecular weight excluding hydrogens is 208 g/mol. The molecule has 1 aromatic heterocycles. The standard InChI is InChI=1S/C11H14N2O3/c1-3-14-9-5-7-8(16-13-11(7)12)6-10(9)15-4-2/h5-6H,3-4H2,1-2H3,(H2,12,13). The maximum Gasteiger partial charge on any atom is 0.174 e. The topological polar surface area (TPSA) is 70.5 Å². The Morgan fingerprint density at radius 2 is 1.81 bits per heavy atom. The van der Waals surface area contributed by atoms with E-state index in [-0.39, 0.29) is 0 Å². The van der Waals surface area contributed by atoms with Crippen molar-refractivity contribution in [2.75, 3.05) is 18.9 Å². The van der Waals surface area contributed by atoms with Gasteiger partial charge in [-0.05, 0) is 19.9 Å². The molecule has 86 valence electrons. The minimum absolute atomic E-state index is 0.360. The summed E-state index contributed by atoms with van der Waals surface area (Å²) >= 11 is 0. The molecule has 2 rings (SSSR count). The molecule has 0 radical (unpaired) electrons. The third-order valence-corrected chi connectivity index (χ3v) is 2.16. The van der Waals surface area contributed by atoms with Gasteiger partial charge in [0.2, 0.25) is 0 Å². The molecule has 0 spiro atoms. The number of hydrogen-bond acceptors (Lipinski definition) is 5. The maximum absolute atomic E-state index is 5.66. The molecule has 0 saturated carbocycles. The third kappa shape index (κ3) is 1.76. The number of nitrogens with zero attached hydrogens (tertiary/aromatic N) is 1. The zero-order valence-corrected chi connectivity index (χ0v) is 9.32. The van der Waals surface area contributed by atoms with E-state index in [1.807, 2.05) is 13.8 Å². The molecule has 1 aromatic carbocycles. The summed E-state index contributed by atoms with van der Waals surface area (Å²) in [4.78, 5) is 0. The van der Waals surface area contributed by atoms with Crippen LogP contribution < -0.4 is 15.2 Å². The molecule has 0 aliphatic carbocycles. The molecule has 5 heteroatoms. The van der Waals surface area contributed by atoms with E-state index >= 15 is 0 Å². The first kappa shape index (κ1) is 10.6. The Labute approximate surface area is 93.1 Å². The molecule has 0 saturated heterocycles. The van der Waals surface area contributed by atoms with Gasteiger partial charge in [-0.3, -0.25) is 0 Å². The molecule has 1 heterocycles. The van der Waals surface area contributed by atoms with Gasteiger partial charge in [-0.1, -0.05) is 5.16 Å². The van der Waals surface area contributed by atoms with Crippen LogP contribution in [0.1, 0.15) is 13.8 Å². The fraction of sp³-hybridized carbons (Fsp3) is 0.364. The normalized spacial score (nSPS) is 10.6. The predicted molar refractivity (Wildman–Crippen MR) is 60.8 cm³/mol. The molecule has 0 atom stereocenters. The number of rotatable bonds is 4. The van der Waals surface area contributed by atoms with E-state index in [4.69, 9.17) is 19.7 Å². The van der Waals surface area contributed by atoms with E-state index in [2.05, 4.69) is 5.16 Å². The van der Waals surface area contributed by atoms with Crippen molar-refractivity contribution >= 4 is 16.8 Å². The Bertz CT molecular complexity index is 493. The van der Waals surface area contributed by atoms with Crippen molar-refractivity contribution in [3.05, 3.63) is 12.1 Å². The van der Waals surface area contributed by atoms with E-state index in [0.29, 0.717) is 36.1 Å². The SMILES string of the molecule is CCOc1cc2onc(N)c2cc1OCC. The van der Waals surface area contributed by atoms with Gasteiger partial charge in [0.05, 0.1) is 18.6 Å². The number of aromatic nitrogens is 1. The molecule has 16 heavy (non-hydrogen) atoms. The highest BCUT2D eigenvalue weighted by molar-refractivity contribution is 5.89. The largest absolute Gasteiger partial charge is 0.490 e. The van der Waals surface area contributed by atoms with Gasteiger partial charge in [0.15, 0.2) is 22.9 Å². The number of anilines is 1. The number of benzene rings is 1. The van der Waals surface area contributed by atoms with Crippen LogP contribution in [-0.4, -0.2) is 18.4 Å². The number of ether oxygens (including phenoxy) is 2. The second kappa shape index (κ2) is 4.30. The lowest BCUT2D eigenvalue weighted by Gasteiger charge is -2.09. The van der Waals surface area contributed by atoms with Crippen molar-refractivity contribution < 1.29 is 14.0 Å². The quantitative estimate of drug-likeness (QED) is 0.858. The van der Waals surface area contributed by atoms with Crippen LogP contribution >= 0.6 is 0 Å². The van der Waals surface area contributed by atoms with Crippen LogP contribution in [0.3, 0.4) is 0 Å². The van der Waals surface area contributed by atoms with Crippen LogP contribution in [0.15, 0.2) is 16.7 Å². The van der Waals surface area contributed by atoms with Crippen LogP contribution in [0.25, 0.3) is 11.0 Å². The van der Waals surface area contributed by atoms with Crippen LogP contribution in [0.5, 0.6) is 11.5 Å². The second-order valence-corrected chi connectivity index (χ2v) is 3.23. The summed E-state index contributed by atoms with van der Waals surface area (Å²) in [6.07, 6.45) is 0. The van der Waals surface area contributed by atoms with E-state index < -0.39 is 0 Å². The van der Waals surface area contributed by atoms with Crippen LogP contribution in [0.4, 0.5) is 5.82 Å². The first-order valence-corrected chi connectivity index (χ1v) is 5.20. The van der Waals surface area contributed by atoms with Gasteiger partial charge in [0.25, 0.3) is 0 Å². The first-order valence-electron chi connectivity index (χ1n) is 5.20. The highest BCUT2D eigenvalue weighted by atomic mass is 16.5. The summed E-state index contributed by atoms with van der Waals surface area (Å²) in [5.41, 5.74) is 6.27. The molecule has 2 aromatic rings. The monoisotopic (exact) mass is 222 g/mol. The predicted octanol–water partition coefficient (Wildman–Crippen LogP) is 2.21. The molecular formula is C11H14N2O3. The zero-order chi connectivity index (χ0) is 11.5. The average molecular weight is 222 g/mol. The Balaban J connectivity index is 2.53. The zero-order valence-electron chi connectivity index (χ0n) is 9.32. The van der Waals surface area contributed by atoms with Gasteiger partial charge in [-0.15, -0.1) is 0 Å². The lowest BCUT2D eigenvalue weighted by molar-refractivity contribution is 0.288. The van der Waals surface area contributed by atoms with Gasteiger partial charge >= 0.3 is 0 Å². The molecule has 0 aliphatic rings. The summed E-state index contributed by atoms with van der Waals surface area (Å²) in [6.45, 7) is 4.96. The molecule has 0 bridgehead atoms. The maximum atomic E-state index is 5.66. The van der Waals surface area contributed by atoms with Crippen molar-refractivity contribution in [1.82, 2.24) is 5.16 Å². The van der Waals surface area contributed by atoms with Crippen molar-refractivity contribution in [3.63, 3.8) is 0 Å². The van der Waals surface area contributed by atoms with Crippen molar-refractivity contribution in [2.24, 2.45) is 0 Å². The van der Waals surface area contributed by atoms with Crippen LogP contribution in [-0.2, 0) is 0 Å². The van der Waals surface area contributed by atoms with Crippen LogP contribution in [0, 0.1) is 0 Å². The van der Waals surface area contributed by atoms with E-state index in [9.17, 15) is 0 Å². The summed E-state index contributed by atoms with van der Waals surface area (Å²) in [6, 6.07) is 3.53. The summed E-state index contributed by atoms with van der Waals surface area (Å²) in [7, 11) is 0. The van der Waals surface area contributed by atoms with E-state index in [1.54, 1.807) is 12.1 Å². The molecule has 0 fully saturated rings. The lowest BCUT2D eigenvalue weighted by atomic mass is 10.2. The fourth-order valence-corrected chi connectivity index (χ4v) is 1.50. The number of hydrogen-bond donors (Lipinski definition) is 1. The van der Waals surface area contributed by atoms with Gasteiger partial charge in [0, 0.05) is 6.07 Å². The number of nitrogen functional groups attached to an aromatic ring is 1. The minimum Gasteiger partial charge on any atom is -0.490 e. The first-order chi connectivity index (χ1) is 7.76. The fourth-order valence-electron chi connectivity index (χ4n) is 1.50. The van der Waals surface area contributed by atoms with Crippen molar-refractivity contribution in [1.29, 1.82) is 0 Å². The van der Waals surface area contributed by atoms with E-state index in [0.717, 1.165) is 5.39 Å². The summed E-state index contributed by atoms with van der Waals surface area (Å²) < 4.78 is 16.0. The van der Waals surface area contributed by atoms with Gasteiger partial charge in [-0.2, -0.15) is 0 Å². The number of nitrogens with two attached hydrogens (primary N) is 1. The molecule has 0 unspecified atom stereocenters. The Morgan fingerprint density at radius 1 is 1.19 bits per heavy atom. The Kier molecular flexibility index (Phi) is 2.85. The Hall–Kier alpha value is -1.91.